The van der Waals surface area contributed by atoms with Crippen LogP contribution in [0.25, 0.3) is 11.1 Å². The molecule has 160 valence electrons. The van der Waals surface area contributed by atoms with Crippen molar-refractivity contribution in [3.05, 3.63) is 70.9 Å². The molecule has 11 heteroatoms. The third-order valence-corrected chi connectivity index (χ3v) is 5.78. The van der Waals surface area contributed by atoms with Crippen molar-refractivity contribution < 1.29 is 31.5 Å². The molecule has 0 unspecified atom stereocenters. The molecule has 0 saturated carbocycles. The molecule has 2 aromatic carbocycles. The Hall–Kier alpha value is -3.24. The molecule has 31 heavy (non-hydrogen) atoms. The van der Waals surface area contributed by atoms with Crippen molar-refractivity contribution in [1.82, 2.24) is 4.98 Å². The summed E-state index contributed by atoms with van der Waals surface area (Å²) in [6, 6.07) is 9.97. The summed E-state index contributed by atoms with van der Waals surface area (Å²) in [5, 5.41) is -0.924. The number of carbonyl (C=O) groups excluding carboxylic acids is 1. The zero-order valence-electron chi connectivity index (χ0n) is 15.6. The average molecular weight is 467 g/mol. The number of cyclic esters (lactones) is 1. The lowest BCUT2D eigenvalue weighted by Gasteiger charge is -2.14. The SMILES string of the molecule is O=C1OCCOc2ccccc2-c2cc(c(F)cc2F)NS(=O)(=O)c2cc1cc(Cl)n2. The molecule has 2 heterocycles. The predicted octanol–water partition coefficient (Wildman–Crippen LogP) is 4.03. The van der Waals surface area contributed by atoms with Gasteiger partial charge in [0.05, 0.1) is 11.3 Å². The lowest BCUT2D eigenvalue weighted by molar-refractivity contribution is 0.0450. The largest absolute Gasteiger partial charge is 0.489 e. The van der Waals surface area contributed by atoms with Gasteiger partial charge >= 0.3 is 5.97 Å². The fourth-order valence-electron chi connectivity index (χ4n) is 2.94. The Morgan fingerprint density at radius 1 is 0.968 bits per heavy atom. The molecule has 7 nitrogen and oxygen atoms in total. The number of para-hydroxylation sites is 1. The topological polar surface area (TPSA) is 94.6 Å². The van der Waals surface area contributed by atoms with Gasteiger partial charge in [0.25, 0.3) is 10.0 Å². The van der Waals surface area contributed by atoms with E-state index in [0.717, 1.165) is 18.2 Å². The fourth-order valence-corrected chi connectivity index (χ4v) is 4.25. The molecule has 0 atom stereocenters. The van der Waals surface area contributed by atoms with Gasteiger partial charge in [0.1, 0.15) is 35.8 Å². The predicted molar refractivity (Wildman–Crippen MR) is 108 cm³/mol. The summed E-state index contributed by atoms with van der Waals surface area (Å²) < 4.78 is 67.3. The number of aromatic nitrogens is 1. The van der Waals surface area contributed by atoms with Gasteiger partial charge in [-0.2, -0.15) is 8.42 Å². The van der Waals surface area contributed by atoms with E-state index in [9.17, 15) is 22.0 Å². The third-order valence-electron chi connectivity index (χ3n) is 4.33. The Labute approximate surface area is 180 Å². The number of nitrogens with one attached hydrogen (secondary N) is 1. The zero-order chi connectivity index (χ0) is 22.2. The van der Waals surface area contributed by atoms with Gasteiger partial charge in [-0.05, 0) is 24.3 Å². The molecule has 1 aliphatic rings. The highest BCUT2D eigenvalue weighted by Crippen LogP contribution is 2.35. The van der Waals surface area contributed by atoms with Gasteiger partial charge in [0.15, 0.2) is 5.03 Å². The molecule has 3 aromatic rings. The Kier molecular flexibility index (Phi) is 5.50. The van der Waals surface area contributed by atoms with E-state index in [1.807, 2.05) is 4.72 Å². The normalized spacial score (nSPS) is 15.4. The van der Waals surface area contributed by atoms with Crippen LogP contribution in [0.15, 0.2) is 53.6 Å². The van der Waals surface area contributed by atoms with Crippen molar-refractivity contribution in [2.75, 3.05) is 17.9 Å². The van der Waals surface area contributed by atoms with Gasteiger partial charge in [0.2, 0.25) is 0 Å². The van der Waals surface area contributed by atoms with Crippen LogP contribution in [-0.2, 0) is 14.8 Å². The minimum absolute atomic E-state index is 0.0688. The highest BCUT2D eigenvalue weighted by Gasteiger charge is 2.24. The molecule has 0 aliphatic carbocycles. The minimum Gasteiger partial charge on any atom is -0.489 e. The number of anilines is 1. The third kappa shape index (κ3) is 4.30. The molecule has 0 fully saturated rings. The number of rotatable bonds is 0. The number of hydrogen-bond donors (Lipinski definition) is 1. The first-order chi connectivity index (χ1) is 14.7. The summed E-state index contributed by atoms with van der Waals surface area (Å²) >= 11 is 5.85. The van der Waals surface area contributed by atoms with Gasteiger partial charge in [-0.15, -0.1) is 0 Å². The van der Waals surface area contributed by atoms with E-state index in [2.05, 4.69) is 4.98 Å². The average Bonchev–Trinajstić information content (AvgIpc) is 2.72. The molecule has 1 N–H and O–H groups in total. The van der Waals surface area contributed by atoms with Crippen LogP contribution in [0, 0.1) is 11.6 Å². The Balaban J connectivity index is 1.91. The second-order valence-corrected chi connectivity index (χ2v) is 8.43. The number of benzene rings is 2. The minimum atomic E-state index is -4.48. The summed E-state index contributed by atoms with van der Waals surface area (Å²) in [6.07, 6.45) is 0. The first kappa shape index (κ1) is 21.0. The van der Waals surface area contributed by atoms with E-state index in [1.165, 1.54) is 6.07 Å². The second-order valence-electron chi connectivity index (χ2n) is 6.41. The summed E-state index contributed by atoms with van der Waals surface area (Å²) in [5.41, 5.74) is -0.535. The molecule has 1 aliphatic heterocycles. The molecule has 0 spiro atoms. The fraction of sp³-hybridized carbons (Fsp3) is 0.100. The van der Waals surface area contributed by atoms with Crippen molar-refractivity contribution in [2.45, 2.75) is 5.03 Å². The second kappa shape index (κ2) is 8.12. The molecule has 0 amide bonds. The molecule has 1 aromatic heterocycles. The van der Waals surface area contributed by atoms with Crippen LogP contribution in [0.5, 0.6) is 5.75 Å². The van der Waals surface area contributed by atoms with Crippen molar-refractivity contribution in [2.24, 2.45) is 0 Å². The van der Waals surface area contributed by atoms with Crippen LogP contribution in [0.3, 0.4) is 0 Å². The zero-order valence-corrected chi connectivity index (χ0v) is 17.1. The molecule has 4 bridgehead atoms. The molecule has 0 saturated heterocycles. The number of ether oxygens (including phenoxy) is 2. The first-order valence-electron chi connectivity index (χ1n) is 8.83. The van der Waals surface area contributed by atoms with E-state index < -0.39 is 38.3 Å². The van der Waals surface area contributed by atoms with Crippen LogP contribution >= 0.6 is 11.6 Å². The highest BCUT2D eigenvalue weighted by atomic mass is 35.5. The van der Waals surface area contributed by atoms with E-state index in [4.69, 9.17) is 21.1 Å². The number of esters is 1. The van der Waals surface area contributed by atoms with Crippen LogP contribution in [-0.4, -0.2) is 32.6 Å². The first-order valence-corrected chi connectivity index (χ1v) is 10.7. The maximum atomic E-state index is 14.6. The Morgan fingerprint density at radius 2 is 1.71 bits per heavy atom. The molecular formula is C20H13ClF2N2O5S. The van der Waals surface area contributed by atoms with E-state index in [0.29, 0.717) is 6.07 Å². The number of pyridine rings is 1. The van der Waals surface area contributed by atoms with Gasteiger partial charge in [-0.25, -0.2) is 18.6 Å². The lowest BCUT2D eigenvalue weighted by Crippen LogP contribution is -2.17. The monoisotopic (exact) mass is 466 g/mol. The Morgan fingerprint density at radius 3 is 2.52 bits per heavy atom. The summed E-state index contributed by atoms with van der Waals surface area (Å²) in [4.78, 5) is 16.0. The number of hydrogen-bond acceptors (Lipinski definition) is 6. The van der Waals surface area contributed by atoms with Gasteiger partial charge in [-0.3, -0.25) is 4.72 Å². The van der Waals surface area contributed by atoms with Crippen LogP contribution in [0.4, 0.5) is 14.5 Å². The van der Waals surface area contributed by atoms with Gasteiger partial charge in [-0.1, -0.05) is 29.8 Å². The standard InChI is InChI=1S/C20H13ClF2N2O5S/c21-18-7-11-8-19(24-18)31(27,28)25-16-9-13(14(22)10-15(16)23)12-3-1-2-4-17(12)29-5-6-30-20(11)26/h1-4,7-10,25H,5-6H2. The maximum absolute atomic E-state index is 14.6. The maximum Gasteiger partial charge on any atom is 0.338 e. The number of sulfonamides is 1. The number of carbonyl (C=O) groups is 1. The van der Waals surface area contributed by atoms with Crippen molar-refractivity contribution in [3.8, 4) is 16.9 Å². The van der Waals surface area contributed by atoms with E-state index in [-0.39, 0.29) is 40.8 Å². The van der Waals surface area contributed by atoms with Crippen LogP contribution in [0.1, 0.15) is 10.4 Å². The quantitative estimate of drug-likeness (QED) is 0.397. The van der Waals surface area contributed by atoms with Crippen LogP contribution < -0.4 is 9.46 Å². The summed E-state index contributed by atoms with van der Waals surface area (Å²) in [6.45, 7) is -0.245. The molecule has 4 rings (SSSR count). The van der Waals surface area contributed by atoms with Crippen molar-refractivity contribution in [3.63, 3.8) is 0 Å². The van der Waals surface area contributed by atoms with E-state index >= 15 is 0 Å². The lowest BCUT2D eigenvalue weighted by atomic mass is 10.0. The van der Waals surface area contributed by atoms with Crippen molar-refractivity contribution >= 4 is 33.3 Å². The van der Waals surface area contributed by atoms with E-state index in [1.54, 1.807) is 18.2 Å². The number of fused-ring (bicyclic) bond motifs is 6. The Bertz CT molecular complexity index is 1300. The summed E-state index contributed by atoms with van der Waals surface area (Å²) in [5.74, 6) is -2.69. The molecular weight excluding hydrogens is 454 g/mol. The van der Waals surface area contributed by atoms with Gasteiger partial charge in [0, 0.05) is 17.2 Å². The summed E-state index contributed by atoms with van der Waals surface area (Å²) in [7, 11) is -4.48. The number of nitrogens with zero attached hydrogens (tertiary/aromatic N) is 1. The smallest absolute Gasteiger partial charge is 0.338 e. The molecule has 0 radical (unpaired) electrons. The number of halogens is 3. The highest BCUT2D eigenvalue weighted by molar-refractivity contribution is 7.92. The van der Waals surface area contributed by atoms with Gasteiger partial charge < -0.3 is 9.47 Å². The van der Waals surface area contributed by atoms with Crippen LogP contribution in [0.2, 0.25) is 5.15 Å². The van der Waals surface area contributed by atoms with Crippen molar-refractivity contribution in [1.29, 1.82) is 0 Å².